The van der Waals surface area contributed by atoms with Gasteiger partial charge in [0.15, 0.2) is 5.76 Å². The second-order valence-electron chi connectivity index (χ2n) is 4.78. The first-order valence-electron chi connectivity index (χ1n) is 7.53. The molecule has 0 bridgehead atoms. The standard InChI is InChI=1S/C17H21N2O4P/c1-5-12-11-13(6-2)17(18)19-15(12)16-14(9-10-21-16)24(20,22-7-3)23-8-4/h5-6,9-11H,1-2,7-8H2,3-4H3,(H2,18,19). The van der Waals surface area contributed by atoms with Crippen LogP contribution in [0.3, 0.4) is 0 Å². The molecule has 0 aliphatic rings. The Kier molecular flexibility index (Phi) is 5.78. The van der Waals surface area contributed by atoms with Crippen molar-refractivity contribution < 1.29 is 18.0 Å². The van der Waals surface area contributed by atoms with Crippen molar-refractivity contribution in [1.82, 2.24) is 4.98 Å². The van der Waals surface area contributed by atoms with E-state index in [-0.39, 0.29) is 24.8 Å². The highest BCUT2D eigenvalue weighted by Gasteiger charge is 2.33. The fourth-order valence-electron chi connectivity index (χ4n) is 2.27. The summed E-state index contributed by atoms with van der Waals surface area (Å²) in [4.78, 5) is 4.36. The summed E-state index contributed by atoms with van der Waals surface area (Å²) in [6, 6.07) is 3.35. The molecule has 0 aliphatic heterocycles. The molecule has 0 spiro atoms. The Balaban J connectivity index is 2.66. The van der Waals surface area contributed by atoms with Crippen molar-refractivity contribution in [2.45, 2.75) is 13.8 Å². The Morgan fingerprint density at radius 1 is 1.25 bits per heavy atom. The van der Waals surface area contributed by atoms with Gasteiger partial charge in [0.25, 0.3) is 0 Å². The van der Waals surface area contributed by atoms with Crippen molar-refractivity contribution in [3.05, 3.63) is 42.7 Å². The molecule has 0 saturated heterocycles. The maximum atomic E-state index is 13.1. The number of aromatic nitrogens is 1. The van der Waals surface area contributed by atoms with E-state index in [0.717, 1.165) is 0 Å². The Labute approximate surface area is 141 Å². The second kappa shape index (κ2) is 7.62. The summed E-state index contributed by atoms with van der Waals surface area (Å²) >= 11 is 0. The van der Waals surface area contributed by atoms with Crippen LogP contribution in [-0.4, -0.2) is 18.2 Å². The smallest absolute Gasteiger partial charge is 0.365 e. The molecule has 0 saturated carbocycles. The minimum atomic E-state index is -3.52. The Morgan fingerprint density at radius 2 is 1.88 bits per heavy atom. The van der Waals surface area contributed by atoms with Gasteiger partial charge < -0.3 is 19.2 Å². The third-order valence-electron chi connectivity index (χ3n) is 3.30. The monoisotopic (exact) mass is 348 g/mol. The van der Waals surface area contributed by atoms with E-state index < -0.39 is 7.60 Å². The van der Waals surface area contributed by atoms with Gasteiger partial charge in [0.05, 0.1) is 19.5 Å². The molecule has 2 rings (SSSR count). The molecule has 7 heteroatoms. The highest BCUT2D eigenvalue weighted by atomic mass is 31.2. The van der Waals surface area contributed by atoms with Crippen molar-refractivity contribution in [3.8, 4) is 11.5 Å². The number of hydrogen-bond acceptors (Lipinski definition) is 6. The van der Waals surface area contributed by atoms with Crippen LogP contribution in [-0.2, 0) is 13.6 Å². The zero-order chi connectivity index (χ0) is 17.7. The molecule has 0 atom stereocenters. The molecular formula is C17H21N2O4P. The molecule has 0 radical (unpaired) electrons. The van der Waals surface area contributed by atoms with Crippen LogP contribution in [0.1, 0.15) is 25.0 Å². The van der Waals surface area contributed by atoms with Gasteiger partial charge in [-0.1, -0.05) is 25.3 Å². The van der Waals surface area contributed by atoms with E-state index in [2.05, 4.69) is 18.1 Å². The van der Waals surface area contributed by atoms with Crippen LogP contribution in [0.2, 0.25) is 0 Å². The number of rotatable bonds is 8. The topological polar surface area (TPSA) is 87.6 Å². The zero-order valence-corrected chi connectivity index (χ0v) is 14.7. The molecule has 0 aliphatic carbocycles. The number of nitrogens with two attached hydrogens (primary N) is 1. The normalized spacial score (nSPS) is 11.4. The molecule has 128 valence electrons. The van der Waals surface area contributed by atoms with Crippen LogP contribution in [0.15, 0.2) is 36.0 Å². The van der Waals surface area contributed by atoms with E-state index in [1.807, 2.05) is 0 Å². The van der Waals surface area contributed by atoms with Crippen molar-refractivity contribution in [1.29, 1.82) is 0 Å². The van der Waals surface area contributed by atoms with Crippen LogP contribution in [0.4, 0.5) is 5.82 Å². The first-order valence-corrected chi connectivity index (χ1v) is 9.07. The lowest BCUT2D eigenvalue weighted by atomic mass is 10.1. The predicted molar refractivity (Wildman–Crippen MR) is 97.0 cm³/mol. The minimum absolute atomic E-state index is 0.237. The van der Waals surface area contributed by atoms with Crippen LogP contribution >= 0.6 is 7.60 Å². The highest BCUT2D eigenvalue weighted by molar-refractivity contribution is 7.62. The molecule has 0 fully saturated rings. The number of anilines is 1. The van der Waals surface area contributed by atoms with Gasteiger partial charge in [0.2, 0.25) is 0 Å². The SMILES string of the molecule is C=Cc1cc(C=C)c(-c2occc2P(=O)(OCC)OCC)nc1N. The van der Waals surface area contributed by atoms with E-state index in [0.29, 0.717) is 22.1 Å². The summed E-state index contributed by atoms with van der Waals surface area (Å²) < 4.78 is 29.4. The maximum absolute atomic E-state index is 13.1. The second-order valence-corrected chi connectivity index (χ2v) is 6.77. The average molecular weight is 348 g/mol. The van der Waals surface area contributed by atoms with Gasteiger partial charge in [0.1, 0.15) is 16.8 Å². The Bertz CT molecular complexity index is 788. The van der Waals surface area contributed by atoms with E-state index in [4.69, 9.17) is 19.2 Å². The molecule has 2 heterocycles. The first-order chi connectivity index (χ1) is 11.5. The summed E-state index contributed by atoms with van der Waals surface area (Å²) in [6.45, 7) is 11.5. The van der Waals surface area contributed by atoms with Crippen LogP contribution in [0.5, 0.6) is 0 Å². The van der Waals surface area contributed by atoms with Crippen molar-refractivity contribution >= 4 is 30.9 Å². The molecule has 0 aromatic carbocycles. The van der Waals surface area contributed by atoms with E-state index in [1.54, 1.807) is 38.1 Å². The lowest BCUT2D eigenvalue weighted by molar-refractivity contribution is 0.230. The summed E-state index contributed by atoms with van der Waals surface area (Å²) in [5.41, 5.74) is 7.73. The molecule has 0 amide bonds. The molecule has 2 aromatic heterocycles. The van der Waals surface area contributed by atoms with Gasteiger partial charge >= 0.3 is 7.60 Å². The number of nitrogen functional groups attached to an aromatic ring is 1. The van der Waals surface area contributed by atoms with Gasteiger partial charge in [-0.05, 0) is 26.0 Å². The van der Waals surface area contributed by atoms with Crippen molar-refractivity contribution in [3.63, 3.8) is 0 Å². The third kappa shape index (κ3) is 3.36. The summed E-state index contributed by atoms with van der Waals surface area (Å²) in [7, 11) is -3.52. The number of hydrogen-bond donors (Lipinski definition) is 1. The van der Waals surface area contributed by atoms with Crippen LogP contribution in [0, 0.1) is 0 Å². The van der Waals surface area contributed by atoms with Crippen LogP contribution < -0.4 is 11.0 Å². The fraction of sp³-hybridized carbons (Fsp3) is 0.235. The minimum Gasteiger partial charge on any atom is -0.462 e. The Hall–Kier alpha value is -2.14. The van der Waals surface area contributed by atoms with Gasteiger partial charge in [-0.2, -0.15) is 0 Å². The molecule has 2 aromatic rings. The van der Waals surface area contributed by atoms with E-state index >= 15 is 0 Å². The van der Waals surface area contributed by atoms with E-state index in [1.165, 1.54) is 6.26 Å². The summed E-state index contributed by atoms with van der Waals surface area (Å²) in [5, 5.41) is 0.313. The van der Waals surface area contributed by atoms with Gasteiger partial charge in [0, 0.05) is 11.1 Å². The maximum Gasteiger partial charge on any atom is 0.365 e. The Morgan fingerprint density at radius 3 is 2.42 bits per heavy atom. The summed E-state index contributed by atoms with van der Waals surface area (Å²) in [6.07, 6.45) is 4.64. The molecule has 6 nitrogen and oxygen atoms in total. The van der Waals surface area contributed by atoms with Crippen LogP contribution in [0.25, 0.3) is 23.6 Å². The predicted octanol–water partition coefficient (Wildman–Crippen LogP) is 4.10. The molecular weight excluding hydrogens is 327 g/mol. The van der Waals surface area contributed by atoms with Crippen molar-refractivity contribution in [2.75, 3.05) is 18.9 Å². The number of pyridine rings is 1. The first kappa shape index (κ1) is 18.2. The van der Waals surface area contributed by atoms with Gasteiger partial charge in [-0.25, -0.2) is 4.98 Å². The molecule has 0 unspecified atom stereocenters. The highest BCUT2D eigenvalue weighted by Crippen LogP contribution is 2.49. The zero-order valence-electron chi connectivity index (χ0n) is 13.8. The largest absolute Gasteiger partial charge is 0.462 e. The average Bonchev–Trinajstić information content (AvgIpc) is 3.05. The lowest BCUT2D eigenvalue weighted by Gasteiger charge is -2.17. The molecule has 2 N–H and O–H groups in total. The number of furan rings is 1. The molecule has 24 heavy (non-hydrogen) atoms. The quantitative estimate of drug-likeness (QED) is 0.723. The fourth-order valence-corrected chi connectivity index (χ4v) is 3.96. The lowest BCUT2D eigenvalue weighted by Crippen LogP contribution is -2.12. The van der Waals surface area contributed by atoms with E-state index in [9.17, 15) is 4.57 Å². The third-order valence-corrected chi connectivity index (χ3v) is 5.44. The summed E-state index contributed by atoms with van der Waals surface area (Å²) in [5.74, 6) is 0.577. The van der Waals surface area contributed by atoms with Gasteiger partial charge in [-0.3, -0.25) is 4.57 Å². The van der Waals surface area contributed by atoms with Gasteiger partial charge in [-0.15, -0.1) is 0 Å². The number of nitrogens with zero attached hydrogens (tertiary/aromatic N) is 1. The van der Waals surface area contributed by atoms with Crippen molar-refractivity contribution in [2.24, 2.45) is 0 Å².